The molecule has 44 heavy (non-hydrogen) atoms. The fourth-order valence-electron chi connectivity index (χ4n) is 5.73. The third-order valence-corrected chi connectivity index (χ3v) is 9.66. The molecule has 5 rings (SSSR count). The lowest BCUT2D eigenvalue weighted by Crippen LogP contribution is -2.43. The van der Waals surface area contributed by atoms with E-state index >= 15 is 0 Å². The molecule has 7 atom stereocenters. The number of aromatic nitrogens is 4. The summed E-state index contributed by atoms with van der Waals surface area (Å²) in [5, 5.41) is 24.9. The van der Waals surface area contributed by atoms with Crippen molar-refractivity contribution in [2.24, 2.45) is 5.92 Å². The number of para-hydroxylation sites is 1. The van der Waals surface area contributed by atoms with Crippen molar-refractivity contribution in [3.63, 3.8) is 0 Å². The van der Waals surface area contributed by atoms with Gasteiger partial charge < -0.3 is 24.2 Å². The summed E-state index contributed by atoms with van der Waals surface area (Å²) in [6.45, 7) is 7.24. The molecule has 1 saturated heterocycles. The van der Waals surface area contributed by atoms with Crippen LogP contribution >= 0.6 is 7.75 Å². The van der Waals surface area contributed by atoms with E-state index in [9.17, 15) is 19.6 Å². The first-order valence-corrected chi connectivity index (χ1v) is 16.8. The van der Waals surface area contributed by atoms with Crippen molar-refractivity contribution in [3.8, 4) is 5.75 Å². The largest absolute Gasteiger partial charge is 0.461 e. The van der Waals surface area contributed by atoms with Crippen molar-refractivity contribution in [1.29, 1.82) is 0 Å². The number of hydrogen-bond donors (Lipinski definition) is 3. The fourth-order valence-corrected chi connectivity index (χ4v) is 7.44. The lowest BCUT2D eigenvalue weighted by molar-refractivity contribution is -0.153. The monoisotopic (exact) mass is 631 g/mol. The average Bonchev–Trinajstić information content (AvgIpc) is 3.54. The number of esters is 1. The fraction of sp³-hybridized carbons (Fsp3) is 0.600. The highest BCUT2D eigenvalue weighted by Crippen LogP contribution is 2.48. The third kappa shape index (κ3) is 7.47. The van der Waals surface area contributed by atoms with Gasteiger partial charge in [-0.25, -0.2) is 19.5 Å². The zero-order chi connectivity index (χ0) is 31.4. The van der Waals surface area contributed by atoms with E-state index in [0.29, 0.717) is 23.3 Å². The molecule has 1 aliphatic carbocycles. The van der Waals surface area contributed by atoms with Gasteiger partial charge in [0.1, 0.15) is 48.1 Å². The van der Waals surface area contributed by atoms with E-state index in [4.69, 9.17) is 18.5 Å². The van der Waals surface area contributed by atoms with E-state index < -0.39 is 50.4 Å². The molecule has 0 amide bonds. The van der Waals surface area contributed by atoms with E-state index in [-0.39, 0.29) is 17.8 Å². The first-order valence-electron chi connectivity index (χ1n) is 15.2. The second-order valence-electron chi connectivity index (χ2n) is 12.0. The van der Waals surface area contributed by atoms with Crippen molar-refractivity contribution in [2.75, 3.05) is 0 Å². The molecule has 1 aliphatic heterocycles. The number of ether oxygens (including phenoxy) is 2. The molecule has 0 spiro atoms. The van der Waals surface area contributed by atoms with Gasteiger partial charge in [0.2, 0.25) is 0 Å². The summed E-state index contributed by atoms with van der Waals surface area (Å²) in [6.07, 6.45) is 1.65. The summed E-state index contributed by atoms with van der Waals surface area (Å²) in [6, 6.07) is 7.49. The highest BCUT2D eigenvalue weighted by molar-refractivity contribution is 7.52. The molecule has 2 aromatic heterocycles. The molecule has 240 valence electrons. The van der Waals surface area contributed by atoms with Crippen LogP contribution in [0.5, 0.6) is 5.75 Å². The molecule has 3 aromatic rings. The van der Waals surface area contributed by atoms with Crippen LogP contribution < -0.4 is 9.61 Å². The molecule has 2 fully saturated rings. The smallest absolute Gasteiger partial charge is 0.459 e. The Hall–Kier alpha value is -2.93. The standard InChI is InChI=1S/C30H42N5O8P/c1-18(2)15-23(30(38)40-21-11-7-5-8-12-21)34-44(39,43-22-13-9-6-10-14-22)42-20(4)27-25(36)26(37)29(41-27)35-17-33-24-19(3)31-16-32-28(24)35/h6,9-10,13-14,16-18,20-21,23,25-27,29,36-37H,5,7-8,11-12,15H2,1-4H3,(H,34,39)/t20-,23-,25-,26+,27+,29+,44?/m0/s1. The summed E-state index contributed by atoms with van der Waals surface area (Å²) >= 11 is 0. The minimum Gasteiger partial charge on any atom is -0.461 e. The van der Waals surface area contributed by atoms with Crippen LogP contribution in [0.2, 0.25) is 0 Å². The molecule has 1 saturated carbocycles. The summed E-state index contributed by atoms with van der Waals surface area (Å²) < 4.78 is 39.8. The van der Waals surface area contributed by atoms with Gasteiger partial charge in [-0.15, -0.1) is 0 Å². The number of rotatable bonds is 12. The van der Waals surface area contributed by atoms with Gasteiger partial charge in [0, 0.05) is 0 Å². The van der Waals surface area contributed by atoms with E-state index in [0.717, 1.165) is 32.1 Å². The van der Waals surface area contributed by atoms with Crippen LogP contribution in [0.15, 0.2) is 43.0 Å². The topological polar surface area (TPSA) is 167 Å². The Morgan fingerprint density at radius 3 is 2.52 bits per heavy atom. The van der Waals surface area contributed by atoms with E-state index in [1.165, 1.54) is 17.2 Å². The molecule has 1 aromatic carbocycles. The van der Waals surface area contributed by atoms with Gasteiger partial charge in [0.25, 0.3) is 0 Å². The van der Waals surface area contributed by atoms with Gasteiger partial charge in [0.05, 0.1) is 18.1 Å². The number of carbonyl (C=O) groups is 1. The molecule has 2 aliphatic rings. The van der Waals surface area contributed by atoms with Crippen LogP contribution in [0.4, 0.5) is 0 Å². The Balaban J connectivity index is 1.37. The molecule has 3 N–H and O–H groups in total. The van der Waals surface area contributed by atoms with Crippen molar-refractivity contribution in [3.05, 3.63) is 48.7 Å². The van der Waals surface area contributed by atoms with Crippen molar-refractivity contribution in [2.45, 2.75) is 109 Å². The molecule has 3 heterocycles. The Bertz CT molecular complexity index is 1450. The third-order valence-electron chi connectivity index (χ3n) is 7.97. The van der Waals surface area contributed by atoms with E-state index in [1.54, 1.807) is 44.2 Å². The Kier molecular flexibility index (Phi) is 10.3. The Morgan fingerprint density at radius 1 is 1.09 bits per heavy atom. The molecular weight excluding hydrogens is 589 g/mol. The average molecular weight is 632 g/mol. The maximum absolute atomic E-state index is 14.5. The summed E-state index contributed by atoms with van der Waals surface area (Å²) in [4.78, 5) is 26.1. The quantitative estimate of drug-likeness (QED) is 0.193. The van der Waals surface area contributed by atoms with Crippen molar-refractivity contribution in [1.82, 2.24) is 24.6 Å². The summed E-state index contributed by atoms with van der Waals surface area (Å²) in [7, 11) is -4.30. The zero-order valence-electron chi connectivity index (χ0n) is 25.5. The van der Waals surface area contributed by atoms with E-state index in [1.807, 2.05) is 13.8 Å². The minimum atomic E-state index is -4.30. The molecular formula is C30H42N5O8P. The molecule has 13 nitrogen and oxygen atoms in total. The van der Waals surface area contributed by atoms with Crippen LogP contribution in [-0.2, 0) is 23.4 Å². The van der Waals surface area contributed by atoms with Gasteiger partial charge in [-0.1, -0.05) is 38.5 Å². The zero-order valence-corrected chi connectivity index (χ0v) is 26.4. The number of nitrogens with zero attached hydrogens (tertiary/aromatic N) is 4. The highest BCUT2D eigenvalue weighted by atomic mass is 31.2. The minimum absolute atomic E-state index is 0.0577. The van der Waals surface area contributed by atoms with Crippen LogP contribution in [-0.4, -0.2) is 72.3 Å². The number of imidazole rings is 1. The lowest BCUT2D eigenvalue weighted by atomic mass is 9.97. The van der Waals surface area contributed by atoms with Crippen molar-refractivity contribution >= 4 is 24.9 Å². The van der Waals surface area contributed by atoms with Gasteiger partial charge in [-0.3, -0.25) is 13.9 Å². The second kappa shape index (κ2) is 14.0. The van der Waals surface area contributed by atoms with Gasteiger partial charge in [-0.2, -0.15) is 5.09 Å². The SMILES string of the molecule is Cc1ncnc2c1ncn2[C@@H]1O[C@H]([C@H](C)OP(=O)(N[C@@H](CC(C)C)C(=O)OC2CCCCC2)Oc2ccccc2)[C@@H](O)[C@H]1O. The molecule has 0 radical (unpaired) electrons. The van der Waals surface area contributed by atoms with Gasteiger partial charge in [0.15, 0.2) is 11.9 Å². The maximum atomic E-state index is 14.5. The second-order valence-corrected chi connectivity index (χ2v) is 13.6. The Morgan fingerprint density at radius 2 is 1.82 bits per heavy atom. The summed E-state index contributed by atoms with van der Waals surface area (Å²) in [5.41, 5.74) is 1.61. The predicted octanol–water partition coefficient (Wildman–Crippen LogP) is 4.23. The number of carbonyl (C=O) groups excluding carboxylic acids is 1. The normalized spacial score (nSPS) is 25.5. The van der Waals surface area contributed by atoms with Gasteiger partial charge in [-0.05, 0) is 64.0 Å². The number of nitrogens with one attached hydrogen (secondary N) is 1. The number of aryl methyl sites for hydroxylation is 1. The number of hydrogen-bond acceptors (Lipinski definition) is 11. The number of aliphatic hydroxyl groups excluding tert-OH is 2. The maximum Gasteiger partial charge on any atom is 0.459 e. The van der Waals surface area contributed by atoms with E-state index in [2.05, 4.69) is 20.0 Å². The van der Waals surface area contributed by atoms with Crippen LogP contribution in [0, 0.1) is 12.8 Å². The number of aliphatic hydroxyl groups is 2. The summed E-state index contributed by atoms with van der Waals surface area (Å²) in [5.74, 6) is -0.205. The molecule has 1 unspecified atom stereocenters. The predicted molar refractivity (Wildman–Crippen MR) is 161 cm³/mol. The number of fused-ring (bicyclic) bond motifs is 1. The first-order chi connectivity index (χ1) is 21.0. The lowest BCUT2D eigenvalue weighted by Gasteiger charge is -2.31. The number of benzene rings is 1. The van der Waals surface area contributed by atoms with Gasteiger partial charge >= 0.3 is 13.7 Å². The first kappa shape index (κ1) is 32.5. The van der Waals surface area contributed by atoms with Crippen LogP contribution in [0.25, 0.3) is 11.2 Å². The van der Waals surface area contributed by atoms with Crippen LogP contribution in [0.3, 0.4) is 0 Å². The molecule has 0 bridgehead atoms. The van der Waals surface area contributed by atoms with Crippen LogP contribution in [0.1, 0.15) is 71.2 Å². The highest BCUT2D eigenvalue weighted by Gasteiger charge is 2.49. The Labute approximate surface area is 256 Å². The molecule has 14 heteroatoms. The van der Waals surface area contributed by atoms with Crippen molar-refractivity contribution < 1.29 is 38.1 Å².